The van der Waals surface area contributed by atoms with E-state index in [1.807, 2.05) is 20.8 Å². The molecule has 0 radical (unpaired) electrons. The zero-order valence-electron chi connectivity index (χ0n) is 16.9. The molecule has 1 unspecified atom stereocenters. The summed E-state index contributed by atoms with van der Waals surface area (Å²) in [5, 5.41) is 0. The number of hydrogen-bond acceptors (Lipinski definition) is 6. The lowest BCUT2D eigenvalue weighted by Crippen LogP contribution is -2.41. The number of esters is 1. The van der Waals surface area contributed by atoms with Gasteiger partial charge in [0.2, 0.25) is 10.0 Å². The molecule has 0 spiro atoms. The Morgan fingerprint density at radius 3 is 2.71 bits per heavy atom. The summed E-state index contributed by atoms with van der Waals surface area (Å²) in [4.78, 5) is 22.7. The molecule has 0 saturated carbocycles. The molecule has 1 heterocycles. The number of nitrogens with zero attached hydrogens (tertiary/aromatic N) is 1. The van der Waals surface area contributed by atoms with Crippen LogP contribution in [0.5, 0.6) is 5.75 Å². The fourth-order valence-electron chi connectivity index (χ4n) is 3.54. The van der Waals surface area contributed by atoms with Crippen LogP contribution in [-0.4, -0.2) is 50.8 Å². The van der Waals surface area contributed by atoms with Crippen molar-refractivity contribution in [1.29, 1.82) is 0 Å². The number of aldehydes is 1. The molecule has 28 heavy (non-hydrogen) atoms. The van der Waals surface area contributed by atoms with Gasteiger partial charge in [0.05, 0.1) is 13.2 Å². The minimum absolute atomic E-state index is 0.0452. The number of sulfonamides is 1. The lowest BCUT2D eigenvalue weighted by atomic mass is 10.0. The van der Waals surface area contributed by atoms with E-state index in [1.54, 1.807) is 12.1 Å². The summed E-state index contributed by atoms with van der Waals surface area (Å²) < 4.78 is 38.5. The topological polar surface area (TPSA) is 90.0 Å². The molecule has 1 saturated heterocycles. The van der Waals surface area contributed by atoms with Gasteiger partial charge >= 0.3 is 5.97 Å². The summed E-state index contributed by atoms with van der Waals surface area (Å²) in [6.45, 7) is 5.93. The molecular formula is C20H29NO6S. The van der Waals surface area contributed by atoms with Crippen molar-refractivity contribution in [2.24, 2.45) is 5.92 Å². The molecule has 1 aliphatic rings. The summed E-state index contributed by atoms with van der Waals surface area (Å²) >= 11 is 0. The Kier molecular flexibility index (Phi) is 7.60. The average Bonchev–Trinajstić information content (AvgIpc) is 3.11. The van der Waals surface area contributed by atoms with Crippen LogP contribution < -0.4 is 4.74 Å². The normalized spacial score (nSPS) is 19.8. The third-order valence-corrected chi connectivity index (χ3v) is 6.87. The van der Waals surface area contributed by atoms with Crippen LogP contribution in [0.3, 0.4) is 0 Å². The van der Waals surface area contributed by atoms with E-state index in [4.69, 9.17) is 9.47 Å². The van der Waals surface area contributed by atoms with Gasteiger partial charge in [-0.15, -0.1) is 0 Å². The zero-order chi connectivity index (χ0) is 20.9. The highest BCUT2D eigenvalue weighted by atomic mass is 32.2. The van der Waals surface area contributed by atoms with E-state index in [-0.39, 0.29) is 29.2 Å². The molecule has 0 aliphatic carbocycles. The van der Waals surface area contributed by atoms with E-state index in [1.165, 1.54) is 17.5 Å². The number of methoxy groups -OCH3 is 1. The van der Waals surface area contributed by atoms with Crippen LogP contribution in [0.4, 0.5) is 0 Å². The van der Waals surface area contributed by atoms with Gasteiger partial charge in [0, 0.05) is 13.0 Å². The SMILES string of the molecule is COC(=O)[C@@H]1CCCN1S(=O)(=O)c1ccc(C)cc1OC(C)C[C@H](C)CC=O. The van der Waals surface area contributed by atoms with E-state index in [9.17, 15) is 18.0 Å². The molecule has 0 N–H and O–H groups in total. The largest absolute Gasteiger partial charge is 0.489 e. The zero-order valence-corrected chi connectivity index (χ0v) is 17.7. The van der Waals surface area contributed by atoms with Crippen molar-refractivity contribution in [2.45, 2.75) is 63.5 Å². The second-order valence-corrected chi connectivity index (χ2v) is 9.28. The van der Waals surface area contributed by atoms with Gasteiger partial charge < -0.3 is 14.3 Å². The first-order valence-corrected chi connectivity index (χ1v) is 10.9. The first kappa shape index (κ1) is 22.4. The van der Waals surface area contributed by atoms with Crippen molar-refractivity contribution >= 4 is 22.3 Å². The number of carbonyl (C=O) groups is 2. The fourth-order valence-corrected chi connectivity index (χ4v) is 5.29. The Hall–Kier alpha value is -1.93. The summed E-state index contributed by atoms with van der Waals surface area (Å²) in [7, 11) is -2.67. The van der Waals surface area contributed by atoms with Crippen molar-refractivity contribution in [3.63, 3.8) is 0 Å². The number of aryl methyl sites for hydroxylation is 1. The van der Waals surface area contributed by atoms with Crippen LogP contribution in [0.1, 0.15) is 45.1 Å². The maximum Gasteiger partial charge on any atom is 0.324 e. The van der Waals surface area contributed by atoms with Crippen LogP contribution in [0.25, 0.3) is 0 Å². The van der Waals surface area contributed by atoms with Crippen molar-refractivity contribution in [1.82, 2.24) is 4.31 Å². The van der Waals surface area contributed by atoms with Gasteiger partial charge in [-0.05, 0) is 56.7 Å². The third-order valence-electron chi connectivity index (χ3n) is 4.92. The van der Waals surface area contributed by atoms with Crippen molar-refractivity contribution < 1.29 is 27.5 Å². The average molecular weight is 412 g/mol. The van der Waals surface area contributed by atoms with Gasteiger partial charge in [-0.25, -0.2) is 8.42 Å². The summed E-state index contributed by atoms with van der Waals surface area (Å²) in [5.74, 6) is -0.146. The molecule has 0 amide bonds. The number of hydrogen-bond donors (Lipinski definition) is 0. The Morgan fingerprint density at radius 2 is 2.07 bits per heavy atom. The van der Waals surface area contributed by atoms with Crippen LogP contribution >= 0.6 is 0 Å². The maximum atomic E-state index is 13.3. The smallest absolute Gasteiger partial charge is 0.324 e. The number of ether oxygens (including phenoxy) is 2. The van der Waals surface area contributed by atoms with Crippen LogP contribution in [0.15, 0.2) is 23.1 Å². The van der Waals surface area contributed by atoms with Gasteiger partial charge in [-0.3, -0.25) is 4.79 Å². The van der Waals surface area contributed by atoms with Gasteiger partial charge in [-0.1, -0.05) is 13.0 Å². The molecule has 8 heteroatoms. The van der Waals surface area contributed by atoms with E-state index in [0.717, 1.165) is 11.8 Å². The summed E-state index contributed by atoms with van der Waals surface area (Å²) in [5.41, 5.74) is 0.869. The van der Waals surface area contributed by atoms with Gasteiger partial charge in [-0.2, -0.15) is 4.31 Å². The second kappa shape index (κ2) is 9.52. The van der Waals surface area contributed by atoms with Crippen molar-refractivity contribution in [3.05, 3.63) is 23.8 Å². The van der Waals surface area contributed by atoms with E-state index >= 15 is 0 Å². The Morgan fingerprint density at radius 1 is 1.36 bits per heavy atom. The molecule has 1 aliphatic heterocycles. The summed E-state index contributed by atoms with van der Waals surface area (Å²) in [6.07, 6.45) is 2.71. The molecule has 7 nitrogen and oxygen atoms in total. The van der Waals surface area contributed by atoms with Gasteiger partial charge in [0.25, 0.3) is 0 Å². The molecule has 156 valence electrons. The molecular weight excluding hydrogens is 382 g/mol. The minimum atomic E-state index is -3.92. The number of carbonyl (C=O) groups excluding carboxylic acids is 2. The lowest BCUT2D eigenvalue weighted by molar-refractivity contribution is -0.144. The van der Waals surface area contributed by atoms with Gasteiger partial charge in [0.1, 0.15) is 23.0 Å². The predicted molar refractivity (Wildman–Crippen MR) is 105 cm³/mol. The Labute approximate surface area is 167 Å². The second-order valence-electron chi connectivity index (χ2n) is 7.42. The first-order valence-electron chi connectivity index (χ1n) is 9.51. The van der Waals surface area contributed by atoms with Crippen molar-refractivity contribution in [3.8, 4) is 5.75 Å². The first-order chi connectivity index (χ1) is 13.2. The van der Waals surface area contributed by atoms with Gasteiger partial charge in [0.15, 0.2) is 0 Å². The van der Waals surface area contributed by atoms with E-state index in [0.29, 0.717) is 25.7 Å². The standard InChI is InChI=1S/C20H29NO6S/c1-14-7-8-19(18(13-14)27-16(3)12-15(2)9-11-22)28(24,25)21-10-5-6-17(21)20(23)26-4/h7-8,11,13,15-17H,5-6,9-10,12H2,1-4H3/t15-,16?,17+/m1/s1. The quantitative estimate of drug-likeness (QED) is 0.458. The van der Waals surface area contributed by atoms with Crippen LogP contribution in [0.2, 0.25) is 0 Å². The lowest BCUT2D eigenvalue weighted by Gasteiger charge is -2.25. The number of benzene rings is 1. The highest BCUT2D eigenvalue weighted by molar-refractivity contribution is 7.89. The molecule has 0 aromatic heterocycles. The minimum Gasteiger partial charge on any atom is -0.489 e. The third kappa shape index (κ3) is 5.11. The van der Waals surface area contributed by atoms with E-state index < -0.39 is 22.0 Å². The highest BCUT2D eigenvalue weighted by Gasteiger charge is 2.41. The predicted octanol–water partition coefficient (Wildman–Crippen LogP) is 2.70. The molecule has 2 rings (SSSR count). The highest BCUT2D eigenvalue weighted by Crippen LogP contribution is 2.33. The molecule has 1 fully saturated rings. The van der Waals surface area contributed by atoms with Crippen LogP contribution in [0, 0.1) is 12.8 Å². The molecule has 1 aromatic carbocycles. The fraction of sp³-hybridized carbons (Fsp3) is 0.600. The number of rotatable bonds is 9. The van der Waals surface area contributed by atoms with E-state index in [2.05, 4.69) is 0 Å². The Balaban J connectivity index is 2.32. The Bertz CT molecular complexity index is 807. The summed E-state index contributed by atoms with van der Waals surface area (Å²) in [6, 6.07) is 4.11. The van der Waals surface area contributed by atoms with Crippen LogP contribution in [-0.2, 0) is 24.3 Å². The molecule has 3 atom stereocenters. The molecule has 0 bridgehead atoms. The van der Waals surface area contributed by atoms with Crippen molar-refractivity contribution in [2.75, 3.05) is 13.7 Å². The monoisotopic (exact) mass is 411 g/mol. The molecule has 1 aromatic rings. The maximum absolute atomic E-state index is 13.3.